The summed E-state index contributed by atoms with van der Waals surface area (Å²) in [5, 5.41) is 13.2. The summed E-state index contributed by atoms with van der Waals surface area (Å²) in [5.41, 5.74) is 1.07. The second kappa shape index (κ2) is 6.78. The molecule has 1 aliphatic rings. The maximum Gasteiger partial charge on any atom is 0.166 e. The molecule has 0 aliphatic heterocycles. The third-order valence-corrected chi connectivity index (χ3v) is 3.53. The summed E-state index contributed by atoms with van der Waals surface area (Å²) < 4.78 is 11.4. The zero-order valence-electron chi connectivity index (χ0n) is 11.7. The first-order chi connectivity index (χ1) is 9.26. The largest absolute Gasteiger partial charge is 0.493 e. The van der Waals surface area contributed by atoms with E-state index in [0.717, 1.165) is 49.4 Å². The van der Waals surface area contributed by atoms with Crippen molar-refractivity contribution in [2.24, 2.45) is 0 Å². The fourth-order valence-electron chi connectivity index (χ4n) is 2.45. The van der Waals surface area contributed by atoms with E-state index in [0.29, 0.717) is 0 Å². The fraction of sp³-hybridized carbons (Fsp3) is 0.600. The highest BCUT2D eigenvalue weighted by Gasteiger charge is 2.28. The third kappa shape index (κ3) is 3.39. The van der Waals surface area contributed by atoms with Crippen molar-refractivity contribution in [2.45, 2.75) is 44.9 Å². The molecule has 0 radical (unpaired) electrons. The van der Waals surface area contributed by atoms with Crippen molar-refractivity contribution in [3.8, 4) is 11.5 Å². The first-order valence-electron chi connectivity index (χ1n) is 6.97. The van der Waals surface area contributed by atoms with E-state index < -0.39 is 0 Å². The Kier molecular flexibility index (Phi) is 5.05. The highest BCUT2D eigenvalue weighted by molar-refractivity contribution is 5.46. The molecule has 1 fully saturated rings. The van der Waals surface area contributed by atoms with Crippen LogP contribution < -0.4 is 14.8 Å². The Morgan fingerprint density at radius 3 is 2.84 bits per heavy atom. The molecule has 0 saturated heterocycles. The zero-order chi connectivity index (χ0) is 13.7. The third-order valence-electron chi connectivity index (χ3n) is 3.53. The van der Waals surface area contributed by atoms with Crippen molar-refractivity contribution in [1.29, 1.82) is 0 Å². The van der Waals surface area contributed by atoms with Crippen molar-refractivity contribution in [3.63, 3.8) is 0 Å². The van der Waals surface area contributed by atoms with Crippen LogP contribution in [-0.2, 0) is 6.54 Å². The van der Waals surface area contributed by atoms with Gasteiger partial charge in [0.1, 0.15) is 6.10 Å². The standard InChI is InChI=1S/C15H23NO3/c1-3-16-10-11-6-4-9-14(18-2)15(11)19-13-8-5-7-12(13)17/h4,6,9,12-13,16-17H,3,5,7-8,10H2,1-2H3. The monoisotopic (exact) mass is 265 g/mol. The van der Waals surface area contributed by atoms with Crippen LogP contribution in [0.2, 0.25) is 0 Å². The molecular weight excluding hydrogens is 242 g/mol. The summed E-state index contributed by atoms with van der Waals surface area (Å²) in [6, 6.07) is 5.89. The molecule has 0 heterocycles. The Morgan fingerprint density at radius 1 is 1.37 bits per heavy atom. The quantitative estimate of drug-likeness (QED) is 0.827. The molecule has 1 aromatic carbocycles. The molecule has 1 aliphatic carbocycles. The molecule has 2 unspecified atom stereocenters. The molecule has 2 rings (SSSR count). The highest BCUT2D eigenvalue weighted by Crippen LogP contribution is 2.34. The molecule has 1 saturated carbocycles. The van der Waals surface area contributed by atoms with Crippen LogP contribution in [0.4, 0.5) is 0 Å². The summed E-state index contributed by atoms with van der Waals surface area (Å²) in [5.74, 6) is 1.49. The van der Waals surface area contributed by atoms with Gasteiger partial charge < -0.3 is 19.9 Å². The van der Waals surface area contributed by atoms with Crippen molar-refractivity contribution >= 4 is 0 Å². The van der Waals surface area contributed by atoms with E-state index in [1.165, 1.54) is 0 Å². The smallest absolute Gasteiger partial charge is 0.166 e. The van der Waals surface area contributed by atoms with E-state index in [9.17, 15) is 5.11 Å². The second-order valence-corrected chi connectivity index (χ2v) is 4.88. The molecule has 106 valence electrons. The number of para-hydroxylation sites is 1. The van der Waals surface area contributed by atoms with Crippen molar-refractivity contribution in [2.75, 3.05) is 13.7 Å². The lowest BCUT2D eigenvalue weighted by atomic mass is 10.1. The van der Waals surface area contributed by atoms with E-state index >= 15 is 0 Å². The number of methoxy groups -OCH3 is 1. The Hall–Kier alpha value is -1.26. The van der Waals surface area contributed by atoms with Crippen LogP contribution in [0.3, 0.4) is 0 Å². The lowest BCUT2D eigenvalue weighted by Gasteiger charge is -2.21. The Morgan fingerprint density at radius 2 is 2.21 bits per heavy atom. The topological polar surface area (TPSA) is 50.7 Å². The van der Waals surface area contributed by atoms with Crippen LogP contribution in [0.1, 0.15) is 31.7 Å². The Bertz CT molecular complexity index is 408. The molecule has 0 spiro atoms. The SMILES string of the molecule is CCNCc1cccc(OC)c1OC1CCCC1O. The minimum absolute atomic E-state index is 0.114. The van der Waals surface area contributed by atoms with E-state index in [4.69, 9.17) is 9.47 Å². The van der Waals surface area contributed by atoms with Gasteiger partial charge in [-0.2, -0.15) is 0 Å². The summed E-state index contributed by atoms with van der Waals surface area (Å²) in [4.78, 5) is 0. The molecule has 4 heteroatoms. The maximum atomic E-state index is 9.90. The normalized spacial score (nSPS) is 22.5. The molecule has 2 N–H and O–H groups in total. The van der Waals surface area contributed by atoms with Gasteiger partial charge in [-0.05, 0) is 31.9 Å². The van der Waals surface area contributed by atoms with Gasteiger partial charge in [0.25, 0.3) is 0 Å². The number of hydrogen-bond acceptors (Lipinski definition) is 4. The van der Waals surface area contributed by atoms with Gasteiger partial charge in [0.2, 0.25) is 0 Å². The number of aliphatic hydroxyl groups excluding tert-OH is 1. The van der Waals surface area contributed by atoms with Crippen molar-refractivity contribution in [1.82, 2.24) is 5.32 Å². The number of aliphatic hydroxyl groups is 1. The average Bonchev–Trinajstić information content (AvgIpc) is 2.83. The fourth-order valence-corrected chi connectivity index (χ4v) is 2.45. The van der Waals surface area contributed by atoms with Gasteiger partial charge in [-0.3, -0.25) is 0 Å². The maximum absolute atomic E-state index is 9.90. The number of ether oxygens (including phenoxy) is 2. The lowest BCUT2D eigenvalue weighted by molar-refractivity contribution is 0.0579. The summed E-state index contributed by atoms with van der Waals surface area (Å²) >= 11 is 0. The van der Waals surface area contributed by atoms with E-state index in [2.05, 4.69) is 12.2 Å². The van der Waals surface area contributed by atoms with Crippen molar-refractivity contribution < 1.29 is 14.6 Å². The second-order valence-electron chi connectivity index (χ2n) is 4.88. The van der Waals surface area contributed by atoms with Gasteiger partial charge in [-0.15, -0.1) is 0 Å². The van der Waals surface area contributed by atoms with Crippen molar-refractivity contribution in [3.05, 3.63) is 23.8 Å². The summed E-state index contributed by atoms with van der Waals surface area (Å²) in [6.45, 7) is 3.72. The first kappa shape index (κ1) is 14.2. The first-order valence-corrected chi connectivity index (χ1v) is 6.97. The van der Waals surface area contributed by atoms with Gasteiger partial charge in [0.05, 0.1) is 13.2 Å². The van der Waals surface area contributed by atoms with Gasteiger partial charge in [-0.25, -0.2) is 0 Å². The summed E-state index contributed by atoms with van der Waals surface area (Å²) in [7, 11) is 1.64. The molecule has 2 atom stereocenters. The molecule has 19 heavy (non-hydrogen) atoms. The minimum atomic E-state index is -0.364. The van der Waals surface area contributed by atoms with Gasteiger partial charge in [0.15, 0.2) is 11.5 Å². The molecule has 0 bridgehead atoms. The van der Waals surface area contributed by atoms with Gasteiger partial charge in [0, 0.05) is 12.1 Å². The Labute approximate surface area is 114 Å². The predicted molar refractivity (Wildman–Crippen MR) is 74.6 cm³/mol. The molecular formula is C15H23NO3. The highest BCUT2D eigenvalue weighted by atomic mass is 16.5. The molecule has 0 amide bonds. The molecule has 0 aromatic heterocycles. The van der Waals surface area contributed by atoms with Crippen LogP contribution in [0, 0.1) is 0 Å². The van der Waals surface area contributed by atoms with Crippen LogP contribution in [0.25, 0.3) is 0 Å². The van der Waals surface area contributed by atoms with Gasteiger partial charge >= 0.3 is 0 Å². The summed E-state index contributed by atoms with van der Waals surface area (Å²) in [6.07, 6.45) is 2.26. The lowest BCUT2D eigenvalue weighted by Crippen LogP contribution is -2.26. The zero-order valence-corrected chi connectivity index (χ0v) is 11.7. The average molecular weight is 265 g/mol. The predicted octanol–water partition coefficient (Wildman–Crippen LogP) is 2.10. The number of benzene rings is 1. The van der Waals surface area contributed by atoms with Crippen LogP contribution in [0.15, 0.2) is 18.2 Å². The van der Waals surface area contributed by atoms with Gasteiger partial charge in [-0.1, -0.05) is 19.1 Å². The van der Waals surface area contributed by atoms with Crippen LogP contribution in [-0.4, -0.2) is 31.0 Å². The van der Waals surface area contributed by atoms with Crippen LogP contribution in [0.5, 0.6) is 11.5 Å². The van der Waals surface area contributed by atoms with Crippen LogP contribution >= 0.6 is 0 Å². The number of nitrogens with one attached hydrogen (secondary N) is 1. The number of rotatable bonds is 6. The van der Waals surface area contributed by atoms with E-state index in [1.54, 1.807) is 7.11 Å². The van der Waals surface area contributed by atoms with E-state index in [-0.39, 0.29) is 12.2 Å². The minimum Gasteiger partial charge on any atom is -0.493 e. The molecule has 1 aromatic rings. The molecule has 4 nitrogen and oxygen atoms in total. The number of hydrogen-bond donors (Lipinski definition) is 2. The van der Waals surface area contributed by atoms with E-state index in [1.807, 2.05) is 18.2 Å². The Balaban J connectivity index is 2.19.